The van der Waals surface area contributed by atoms with Gasteiger partial charge in [-0.25, -0.2) is 0 Å². The minimum atomic E-state index is -4.32. The molecule has 1 aromatic heterocycles. The van der Waals surface area contributed by atoms with Crippen LogP contribution in [0.3, 0.4) is 0 Å². The second kappa shape index (κ2) is 4.66. The molecule has 0 atom stereocenters. The van der Waals surface area contributed by atoms with Gasteiger partial charge in [0.05, 0.1) is 5.56 Å². The highest BCUT2D eigenvalue weighted by molar-refractivity contribution is 9.10. The molecular weight excluding hydrogens is 331 g/mol. The van der Waals surface area contributed by atoms with Crippen LogP contribution in [0.1, 0.15) is 5.56 Å². The predicted octanol–water partition coefficient (Wildman–Crippen LogP) is 5.62. The van der Waals surface area contributed by atoms with Crippen LogP contribution in [0.5, 0.6) is 0 Å². The molecule has 1 nitrogen and oxygen atoms in total. The van der Waals surface area contributed by atoms with E-state index in [4.69, 9.17) is 0 Å². The highest BCUT2D eigenvalue weighted by Crippen LogP contribution is 2.33. The highest BCUT2D eigenvalue weighted by Gasteiger charge is 2.30. The van der Waals surface area contributed by atoms with Crippen molar-refractivity contribution in [2.45, 2.75) is 6.18 Å². The maximum absolute atomic E-state index is 12.7. The first kappa shape index (κ1) is 13.2. The number of fused-ring (bicyclic) bond motifs is 1. The number of benzene rings is 2. The fraction of sp³-hybridized carbons (Fsp3) is 0.0667. The Kier molecular flexibility index (Phi) is 3.09. The molecule has 0 radical (unpaired) electrons. The van der Waals surface area contributed by atoms with E-state index in [-0.39, 0.29) is 0 Å². The van der Waals surface area contributed by atoms with Crippen LogP contribution in [0, 0.1) is 0 Å². The lowest BCUT2D eigenvalue weighted by molar-refractivity contribution is -0.137. The summed E-state index contributed by atoms with van der Waals surface area (Å²) in [5.41, 5.74) is 1.77. The summed E-state index contributed by atoms with van der Waals surface area (Å²) in [6.07, 6.45) is -4.32. The van der Waals surface area contributed by atoms with E-state index < -0.39 is 11.7 Å². The Labute approximate surface area is 121 Å². The second-order valence-electron chi connectivity index (χ2n) is 4.49. The molecule has 5 heteroatoms. The van der Waals surface area contributed by atoms with E-state index >= 15 is 0 Å². The first-order valence-corrected chi connectivity index (χ1v) is 6.69. The van der Waals surface area contributed by atoms with E-state index in [1.54, 1.807) is 6.07 Å². The van der Waals surface area contributed by atoms with Crippen molar-refractivity contribution in [3.05, 3.63) is 58.6 Å². The Bertz CT molecular complexity index is 774. The summed E-state index contributed by atoms with van der Waals surface area (Å²) in [5.74, 6) is 0. The molecule has 20 heavy (non-hydrogen) atoms. The third kappa shape index (κ3) is 2.45. The van der Waals surface area contributed by atoms with Crippen LogP contribution in [-0.2, 0) is 6.18 Å². The van der Waals surface area contributed by atoms with Gasteiger partial charge in [-0.1, -0.05) is 28.1 Å². The zero-order valence-corrected chi connectivity index (χ0v) is 11.7. The van der Waals surface area contributed by atoms with Crippen molar-refractivity contribution < 1.29 is 13.2 Å². The van der Waals surface area contributed by atoms with E-state index in [0.717, 1.165) is 27.9 Å². The smallest absolute Gasteiger partial charge is 0.355 e. The molecule has 0 aliphatic carbocycles. The Morgan fingerprint density at radius 1 is 0.950 bits per heavy atom. The van der Waals surface area contributed by atoms with E-state index in [1.807, 2.05) is 24.3 Å². The van der Waals surface area contributed by atoms with Crippen molar-refractivity contribution in [2.24, 2.45) is 0 Å². The number of halogens is 4. The zero-order valence-electron chi connectivity index (χ0n) is 10.1. The molecule has 102 valence electrons. The van der Waals surface area contributed by atoms with Crippen LogP contribution < -0.4 is 0 Å². The largest absolute Gasteiger partial charge is 0.416 e. The second-order valence-corrected chi connectivity index (χ2v) is 5.41. The average Bonchev–Trinajstić information content (AvgIpc) is 2.80. The van der Waals surface area contributed by atoms with Crippen LogP contribution in [0.15, 0.2) is 53.0 Å². The molecule has 1 heterocycles. The number of alkyl halides is 3. The monoisotopic (exact) mass is 339 g/mol. The van der Waals surface area contributed by atoms with Gasteiger partial charge in [-0.05, 0) is 42.0 Å². The first-order chi connectivity index (χ1) is 9.43. The summed E-state index contributed by atoms with van der Waals surface area (Å²) in [4.78, 5) is 3.13. The lowest BCUT2D eigenvalue weighted by Crippen LogP contribution is -2.03. The molecule has 0 amide bonds. The van der Waals surface area contributed by atoms with Gasteiger partial charge in [-0.2, -0.15) is 13.2 Å². The maximum atomic E-state index is 12.7. The molecule has 0 aliphatic heterocycles. The van der Waals surface area contributed by atoms with Crippen molar-refractivity contribution in [1.82, 2.24) is 4.98 Å². The van der Waals surface area contributed by atoms with Crippen LogP contribution >= 0.6 is 15.9 Å². The summed E-state index contributed by atoms with van der Waals surface area (Å²) in [7, 11) is 0. The molecule has 1 N–H and O–H groups in total. The standard InChI is InChI=1S/C15H9BrF3N/c16-12-3-1-2-9(7-12)14-8-10-6-11(15(17,18)19)4-5-13(10)20-14/h1-8,20H. The fourth-order valence-corrected chi connectivity index (χ4v) is 2.52. The lowest BCUT2D eigenvalue weighted by Gasteiger charge is -2.05. The molecule has 0 bridgehead atoms. The Morgan fingerprint density at radius 2 is 1.75 bits per heavy atom. The summed E-state index contributed by atoms with van der Waals surface area (Å²) in [6.45, 7) is 0. The maximum Gasteiger partial charge on any atom is 0.416 e. The van der Waals surface area contributed by atoms with E-state index in [1.165, 1.54) is 6.07 Å². The van der Waals surface area contributed by atoms with Gasteiger partial charge in [0.15, 0.2) is 0 Å². The van der Waals surface area contributed by atoms with Gasteiger partial charge in [-0.3, -0.25) is 0 Å². The van der Waals surface area contributed by atoms with E-state index in [0.29, 0.717) is 10.9 Å². The van der Waals surface area contributed by atoms with Gasteiger partial charge < -0.3 is 4.98 Å². The fourth-order valence-electron chi connectivity index (χ4n) is 2.12. The molecule has 3 rings (SSSR count). The van der Waals surface area contributed by atoms with Gasteiger partial charge in [0.25, 0.3) is 0 Å². The SMILES string of the molecule is FC(F)(F)c1ccc2[nH]c(-c3cccc(Br)c3)cc2c1. The normalized spacial score (nSPS) is 12.0. The number of hydrogen-bond acceptors (Lipinski definition) is 0. The number of nitrogens with one attached hydrogen (secondary N) is 1. The molecular formula is C15H9BrF3N. The molecule has 0 saturated heterocycles. The van der Waals surface area contributed by atoms with Gasteiger partial charge in [0.1, 0.15) is 0 Å². The third-order valence-electron chi connectivity index (χ3n) is 3.08. The van der Waals surface area contributed by atoms with Gasteiger partial charge in [-0.15, -0.1) is 0 Å². The molecule has 0 unspecified atom stereocenters. The van der Waals surface area contributed by atoms with Gasteiger partial charge in [0.2, 0.25) is 0 Å². The topological polar surface area (TPSA) is 15.8 Å². The quantitative estimate of drug-likeness (QED) is 0.592. The van der Waals surface area contributed by atoms with E-state index in [2.05, 4.69) is 20.9 Å². The van der Waals surface area contributed by atoms with Crippen molar-refractivity contribution in [3.63, 3.8) is 0 Å². The Hall–Kier alpha value is -1.75. The van der Waals surface area contributed by atoms with Gasteiger partial charge >= 0.3 is 6.18 Å². The molecule has 0 fully saturated rings. The summed E-state index contributed by atoms with van der Waals surface area (Å²) >= 11 is 3.38. The van der Waals surface area contributed by atoms with Crippen LogP contribution in [0.2, 0.25) is 0 Å². The summed E-state index contributed by atoms with van der Waals surface area (Å²) in [6, 6.07) is 13.0. The highest BCUT2D eigenvalue weighted by atomic mass is 79.9. The zero-order chi connectivity index (χ0) is 14.3. The number of hydrogen-bond donors (Lipinski definition) is 1. The molecule has 0 saturated carbocycles. The van der Waals surface area contributed by atoms with Crippen LogP contribution in [0.4, 0.5) is 13.2 Å². The van der Waals surface area contributed by atoms with Crippen LogP contribution in [0.25, 0.3) is 22.2 Å². The van der Waals surface area contributed by atoms with Gasteiger partial charge in [0, 0.05) is 21.1 Å². The first-order valence-electron chi connectivity index (χ1n) is 5.89. The summed E-state index contributed by atoms with van der Waals surface area (Å²) in [5, 5.41) is 0.551. The predicted molar refractivity (Wildman–Crippen MR) is 76.4 cm³/mol. The van der Waals surface area contributed by atoms with Crippen molar-refractivity contribution in [3.8, 4) is 11.3 Å². The molecule has 0 spiro atoms. The minimum Gasteiger partial charge on any atom is -0.355 e. The Morgan fingerprint density at radius 3 is 2.45 bits per heavy atom. The third-order valence-corrected chi connectivity index (χ3v) is 3.58. The molecule has 0 aliphatic rings. The number of H-pyrrole nitrogens is 1. The van der Waals surface area contributed by atoms with Crippen molar-refractivity contribution in [1.29, 1.82) is 0 Å². The Balaban J connectivity index is 2.11. The van der Waals surface area contributed by atoms with E-state index in [9.17, 15) is 13.2 Å². The summed E-state index contributed by atoms with van der Waals surface area (Å²) < 4.78 is 39.0. The number of rotatable bonds is 1. The van der Waals surface area contributed by atoms with Crippen LogP contribution in [-0.4, -0.2) is 4.98 Å². The average molecular weight is 340 g/mol. The lowest BCUT2D eigenvalue weighted by atomic mass is 10.1. The molecule has 2 aromatic carbocycles. The minimum absolute atomic E-state index is 0.551. The van der Waals surface area contributed by atoms with Crippen molar-refractivity contribution >= 4 is 26.8 Å². The molecule has 3 aromatic rings. The van der Waals surface area contributed by atoms with Crippen molar-refractivity contribution in [2.75, 3.05) is 0 Å². The number of aromatic nitrogens is 1. The number of aromatic amines is 1.